The number of nitrogens with zero attached hydrogens (tertiary/aromatic N) is 2. The summed E-state index contributed by atoms with van der Waals surface area (Å²) in [5, 5.41) is 2.99. The average Bonchev–Trinajstić information content (AvgIpc) is 3.01. The van der Waals surface area contributed by atoms with E-state index in [1.54, 1.807) is 43.3 Å². The van der Waals surface area contributed by atoms with E-state index in [0.717, 1.165) is 22.0 Å². The summed E-state index contributed by atoms with van der Waals surface area (Å²) < 4.78 is 42.9. The Labute approximate surface area is 271 Å². The van der Waals surface area contributed by atoms with Crippen LogP contribution >= 0.6 is 34.8 Å². The summed E-state index contributed by atoms with van der Waals surface area (Å²) in [6, 6.07) is 23.8. The molecule has 2 amide bonds. The number of hydrogen-bond donors (Lipinski definition) is 1. The van der Waals surface area contributed by atoms with Crippen LogP contribution in [0.3, 0.4) is 0 Å². The molecule has 0 unspecified atom stereocenters. The Bertz CT molecular complexity index is 1710. The molecular weight excluding hydrogens is 648 g/mol. The maximum Gasteiger partial charge on any atom is 0.264 e. The van der Waals surface area contributed by atoms with E-state index in [1.807, 2.05) is 30.3 Å². The predicted octanol–water partition coefficient (Wildman–Crippen LogP) is 6.76. The number of amides is 2. The molecule has 0 spiro atoms. The average molecular weight is 677 g/mol. The molecule has 4 aromatic rings. The third-order valence-corrected chi connectivity index (χ3v) is 9.60. The van der Waals surface area contributed by atoms with Crippen LogP contribution in [0.4, 0.5) is 10.1 Å². The molecule has 0 saturated carbocycles. The maximum absolute atomic E-state index is 14.4. The fraction of sp³-hybridized carbons (Fsp3) is 0.188. The molecule has 7 nitrogen and oxygen atoms in total. The van der Waals surface area contributed by atoms with Gasteiger partial charge in [0.1, 0.15) is 18.4 Å². The van der Waals surface area contributed by atoms with Gasteiger partial charge in [-0.25, -0.2) is 12.8 Å². The monoisotopic (exact) mass is 675 g/mol. The number of sulfonamides is 1. The first-order chi connectivity index (χ1) is 21.0. The molecule has 0 saturated heterocycles. The second-order valence-electron chi connectivity index (χ2n) is 9.75. The van der Waals surface area contributed by atoms with Crippen molar-refractivity contribution in [1.29, 1.82) is 0 Å². The summed E-state index contributed by atoms with van der Waals surface area (Å²) in [6.07, 6.45) is 0.119. The van der Waals surface area contributed by atoms with Crippen LogP contribution in [0, 0.1) is 5.82 Å². The number of rotatable bonds is 12. The highest BCUT2D eigenvalue weighted by atomic mass is 35.5. The van der Waals surface area contributed by atoms with Crippen molar-refractivity contribution in [2.75, 3.05) is 17.4 Å². The van der Waals surface area contributed by atoms with E-state index in [4.69, 9.17) is 34.8 Å². The second-order valence-corrected chi connectivity index (χ2v) is 12.8. The van der Waals surface area contributed by atoms with Crippen molar-refractivity contribution in [3.63, 3.8) is 0 Å². The fourth-order valence-corrected chi connectivity index (χ4v) is 6.71. The highest BCUT2D eigenvalue weighted by molar-refractivity contribution is 7.92. The molecular formula is C32H29Cl3FN3O4S. The number of benzene rings is 4. The summed E-state index contributed by atoms with van der Waals surface area (Å²) in [7, 11) is -4.36. The summed E-state index contributed by atoms with van der Waals surface area (Å²) >= 11 is 19.0. The topological polar surface area (TPSA) is 86.8 Å². The van der Waals surface area contributed by atoms with E-state index in [-0.39, 0.29) is 38.6 Å². The van der Waals surface area contributed by atoms with Gasteiger partial charge in [0.15, 0.2) is 0 Å². The lowest BCUT2D eigenvalue weighted by atomic mass is 10.0. The minimum atomic E-state index is -4.36. The molecule has 1 N–H and O–H groups in total. The van der Waals surface area contributed by atoms with Gasteiger partial charge in [0.2, 0.25) is 11.8 Å². The van der Waals surface area contributed by atoms with Gasteiger partial charge >= 0.3 is 0 Å². The molecule has 44 heavy (non-hydrogen) atoms. The smallest absolute Gasteiger partial charge is 0.264 e. The molecule has 0 aliphatic carbocycles. The van der Waals surface area contributed by atoms with Crippen molar-refractivity contribution < 1.29 is 22.4 Å². The highest BCUT2D eigenvalue weighted by Gasteiger charge is 2.35. The number of nitrogens with one attached hydrogen (secondary N) is 1. The zero-order valence-electron chi connectivity index (χ0n) is 23.6. The maximum atomic E-state index is 14.4. The van der Waals surface area contributed by atoms with Gasteiger partial charge in [-0.3, -0.25) is 13.9 Å². The number of hydrogen-bond acceptors (Lipinski definition) is 4. The molecule has 12 heteroatoms. The van der Waals surface area contributed by atoms with Crippen molar-refractivity contribution in [1.82, 2.24) is 10.2 Å². The lowest BCUT2D eigenvalue weighted by Crippen LogP contribution is -2.53. The van der Waals surface area contributed by atoms with E-state index < -0.39 is 40.2 Å². The highest BCUT2D eigenvalue weighted by Crippen LogP contribution is 2.30. The molecule has 0 aliphatic rings. The first-order valence-electron chi connectivity index (χ1n) is 13.6. The Kier molecular flexibility index (Phi) is 11.3. The van der Waals surface area contributed by atoms with Crippen LogP contribution in [0.2, 0.25) is 15.1 Å². The second kappa shape index (κ2) is 14.9. The van der Waals surface area contributed by atoms with Crippen molar-refractivity contribution in [2.24, 2.45) is 0 Å². The lowest BCUT2D eigenvalue weighted by molar-refractivity contribution is -0.140. The Morgan fingerprint density at radius 2 is 1.45 bits per heavy atom. The van der Waals surface area contributed by atoms with Crippen LogP contribution in [-0.4, -0.2) is 44.3 Å². The summed E-state index contributed by atoms with van der Waals surface area (Å²) in [4.78, 5) is 29.1. The van der Waals surface area contributed by atoms with Gasteiger partial charge in [0, 0.05) is 35.1 Å². The normalized spacial score (nSPS) is 11.9. The van der Waals surface area contributed by atoms with Crippen molar-refractivity contribution in [3.05, 3.63) is 129 Å². The number of anilines is 1. The van der Waals surface area contributed by atoms with Gasteiger partial charge in [-0.05, 0) is 55.0 Å². The van der Waals surface area contributed by atoms with E-state index >= 15 is 0 Å². The molecule has 0 fully saturated rings. The standard InChI is InChI=1S/C32H29Cl3FN3O4S/c1-2-37-32(41)30(18-22-10-5-3-6-11-22)38(20-25-26(33)14-9-15-27(25)34)31(40)21-39(23-16-17-29(36)28(35)19-23)44(42,43)24-12-7-4-8-13-24/h3-17,19,30H,2,18,20-21H2,1H3,(H,37,41)/t30-/m0/s1. The van der Waals surface area contributed by atoms with Gasteiger partial charge in [0.25, 0.3) is 10.0 Å². The minimum absolute atomic E-state index is 0.0399. The third-order valence-electron chi connectivity index (χ3n) is 6.81. The molecule has 0 heterocycles. The van der Waals surface area contributed by atoms with Crippen LogP contribution in [0.15, 0.2) is 102 Å². The number of carbonyl (C=O) groups is 2. The van der Waals surface area contributed by atoms with Crippen LogP contribution in [-0.2, 0) is 32.6 Å². The van der Waals surface area contributed by atoms with Gasteiger partial charge in [-0.15, -0.1) is 0 Å². The first-order valence-corrected chi connectivity index (χ1v) is 16.2. The van der Waals surface area contributed by atoms with E-state index in [2.05, 4.69) is 5.32 Å². The third kappa shape index (κ3) is 7.90. The number of halogens is 4. The predicted molar refractivity (Wildman–Crippen MR) is 172 cm³/mol. The number of carbonyl (C=O) groups excluding carboxylic acids is 2. The van der Waals surface area contributed by atoms with E-state index in [1.165, 1.54) is 23.1 Å². The van der Waals surface area contributed by atoms with Crippen LogP contribution in [0.25, 0.3) is 0 Å². The fourth-order valence-electron chi connectivity index (χ4n) is 4.59. The van der Waals surface area contributed by atoms with Gasteiger partial charge < -0.3 is 10.2 Å². The molecule has 1 atom stereocenters. The van der Waals surface area contributed by atoms with Crippen molar-refractivity contribution >= 4 is 62.3 Å². The van der Waals surface area contributed by atoms with Gasteiger partial charge in [-0.2, -0.15) is 0 Å². The zero-order chi connectivity index (χ0) is 31.9. The van der Waals surface area contributed by atoms with Crippen LogP contribution in [0.5, 0.6) is 0 Å². The largest absolute Gasteiger partial charge is 0.355 e. The lowest BCUT2D eigenvalue weighted by Gasteiger charge is -2.34. The van der Waals surface area contributed by atoms with Crippen LogP contribution in [0.1, 0.15) is 18.1 Å². The quantitative estimate of drug-likeness (QED) is 0.180. The number of likely N-dealkylation sites (N-methyl/N-ethyl adjacent to an activating group) is 1. The van der Waals surface area contributed by atoms with E-state index in [0.29, 0.717) is 12.1 Å². The summed E-state index contributed by atoms with van der Waals surface area (Å²) in [5.74, 6) is -1.93. The molecule has 4 rings (SSSR count). The van der Waals surface area contributed by atoms with Crippen molar-refractivity contribution in [2.45, 2.75) is 30.8 Å². The molecule has 4 aromatic carbocycles. The Balaban J connectivity index is 1.84. The van der Waals surface area contributed by atoms with Crippen LogP contribution < -0.4 is 9.62 Å². The minimum Gasteiger partial charge on any atom is -0.355 e. The van der Waals surface area contributed by atoms with Crippen molar-refractivity contribution in [3.8, 4) is 0 Å². The Morgan fingerprint density at radius 1 is 0.841 bits per heavy atom. The Hall–Kier alpha value is -3.63. The Morgan fingerprint density at radius 3 is 2.05 bits per heavy atom. The van der Waals surface area contributed by atoms with Gasteiger partial charge in [-0.1, -0.05) is 89.4 Å². The molecule has 0 bridgehead atoms. The molecule has 0 radical (unpaired) electrons. The first kappa shape index (κ1) is 33.3. The van der Waals surface area contributed by atoms with Gasteiger partial charge in [0.05, 0.1) is 15.6 Å². The molecule has 0 aliphatic heterocycles. The zero-order valence-corrected chi connectivity index (χ0v) is 26.7. The SMILES string of the molecule is CCNC(=O)[C@H](Cc1ccccc1)N(Cc1c(Cl)cccc1Cl)C(=O)CN(c1ccc(F)c(Cl)c1)S(=O)(=O)c1ccccc1. The van der Waals surface area contributed by atoms with E-state index in [9.17, 15) is 22.4 Å². The summed E-state index contributed by atoms with van der Waals surface area (Å²) in [6.45, 7) is 1.10. The molecule has 0 aromatic heterocycles. The summed E-state index contributed by atoms with van der Waals surface area (Å²) in [5.41, 5.74) is 1.11. The molecule has 230 valence electrons.